The number of hydrogen-bond donors (Lipinski definition) is 2. The zero-order valence-electron chi connectivity index (χ0n) is 13.5. The smallest absolute Gasteiger partial charge is 0.141 e. The van der Waals surface area contributed by atoms with Gasteiger partial charge in [-0.05, 0) is 48.0 Å². The minimum absolute atomic E-state index is 0.172. The molecule has 0 aliphatic heterocycles. The molecule has 3 N–H and O–H groups in total. The highest BCUT2D eigenvalue weighted by atomic mass is 32.2. The minimum atomic E-state index is 0.172. The molecule has 0 aliphatic carbocycles. The lowest BCUT2D eigenvalue weighted by atomic mass is 10.2. The van der Waals surface area contributed by atoms with Gasteiger partial charge in [0.25, 0.3) is 0 Å². The first-order valence-corrected chi connectivity index (χ1v) is 9.66. The molecule has 0 saturated carbocycles. The van der Waals surface area contributed by atoms with Crippen LogP contribution in [0.15, 0.2) is 45.6 Å². The number of amidine groups is 1. The van der Waals surface area contributed by atoms with E-state index < -0.39 is 0 Å². The maximum Gasteiger partial charge on any atom is 0.141 e. The number of likely N-dealkylation sites (N-methyl/N-ethyl adjacent to an activating group) is 1. The van der Waals surface area contributed by atoms with Crippen molar-refractivity contribution in [2.75, 3.05) is 26.0 Å². The third-order valence-electron chi connectivity index (χ3n) is 3.54. The number of thioether (sulfide) groups is 1. The molecule has 0 aliphatic rings. The Morgan fingerprint density at radius 3 is 2.83 bits per heavy atom. The van der Waals surface area contributed by atoms with Gasteiger partial charge in [-0.1, -0.05) is 13.0 Å². The van der Waals surface area contributed by atoms with Gasteiger partial charge in [-0.25, -0.2) is 4.99 Å². The number of nitrogens with two attached hydrogens (primary N) is 1. The summed E-state index contributed by atoms with van der Waals surface area (Å²) in [5, 5.41) is 11.2. The molecule has 0 amide bonds. The van der Waals surface area contributed by atoms with Gasteiger partial charge in [0.05, 0.1) is 17.2 Å². The zero-order valence-corrected chi connectivity index (χ0v) is 15.2. The molecule has 1 aromatic carbocycles. The standard InChI is InChI=1S/C17H23N3OS2/c1-3-20(8-9-21)12-13-11-14(6-7-15(13)22-2)19-17(18)16-5-4-10-23-16/h4-7,10-11,21H,3,8-9,12H2,1-2H3,(H2,18,19). The second-order valence-corrected chi connectivity index (χ2v) is 6.86. The van der Waals surface area contributed by atoms with Crippen LogP contribution in [0.5, 0.6) is 0 Å². The molecule has 4 nitrogen and oxygen atoms in total. The Hall–Kier alpha value is -1.34. The summed E-state index contributed by atoms with van der Waals surface area (Å²) in [6.07, 6.45) is 2.07. The summed E-state index contributed by atoms with van der Waals surface area (Å²) in [6.45, 7) is 4.65. The van der Waals surface area contributed by atoms with E-state index in [9.17, 15) is 0 Å². The van der Waals surface area contributed by atoms with E-state index in [2.05, 4.69) is 35.2 Å². The Kier molecular flexibility index (Phi) is 7.11. The molecule has 2 rings (SSSR count). The number of aliphatic imine (C=N–C) groups is 1. The fourth-order valence-corrected chi connectivity index (χ4v) is 3.52. The second kappa shape index (κ2) is 9.08. The summed E-state index contributed by atoms with van der Waals surface area (Å²) in [7, 11) is 0. The Balaban J connectivity index is 2.26. The monoisotopic (exact) mass is 349 g/mol. The van der Waals surface area contributed by atoms with Crippen LogP contribution in [0.25, 0.3) is 0 Å². The average molecular weight is 350 g/mol. The maximum atomic E-state index is 9.17. The van der Waals surface area contributed by atoms with Gasteiger partial charge in [0, 0.05) is 18.0 Å². The first kappa shape index (κ1) is 18.0. The summed E-state index contributed by atoms with van der Waals surface area (Å²) in [5.41, 5.74) is 8.16. The SMILES string of the molecule is CCN(CCO)Cc1cc(N=C(N)c2cccs2)ccc1SC. The largest absolute Gasteiger partial charge is 0.395 e. The van der Waals surface area contributed by atoms with Crippen LogP contribution in [-0.2, 0) is 6.54 Å². The predicted octanol–water partition coefficient (Wildman–Crippen LogP) is 3.32. The van der Waals surface area contributed by atoms with Gasteiger partial charge in [-0.15, -0.1) is 23.1 Å². The third-order valence-corrected chi connectivity index (χ3v) is 5.28. The minimum Gasteiger partial charge on any atom is -0.395 e. The molecule has 1 heterocycles. The van der Waals surface area contributed by atoms with Crippen LogP contribution in [0, 0.1) is 0 Å². The van der Waals surface area contributed by atoms with Crippen LogP contribution in [0.4, 0.5) is 5.69 Å². The Morgan fingerprint density at radius 1 is 1.39 bits per heavy atom. The van der Waals surface area contributed by atoms with Crippen molar-refractivity contribution < 1.29 is 5.11 Å². The lowest BCUT2D eigenvalue weighted by Crippen LogP contribution is -2.26. The van der Waals surface area contributed by atoms with Crippen molar-refractivity contribution in [3.63, 3.8) is 0 Å². The van der Waals surface area contributed by atoms with E-state index in [1.807, 2.05) is 23.6 Å². The fraction of sp³-hybridized carbons (Fsp3) is 0.353. The summed E-state index contributed by atoms with van der Waals surface area (Å²) in [6, 6.07) is 10.1. The quantitative estimate of drug-likeness (QED) is 0.436. The Bertz CT molecular complexity index is 641. The van der Waals surface area contributed by atoms with E-state index in [0.717, 1.165) is 23.7 Å². The van der Waals surface area contributed by atoms with E-state index in [1.165, 1.54) is 10.5 Å². The molecule has 0 fully saturated rings. The molecular weight excluding hydrogens is 326 g/mol. The van der Waals surface area contributed by atoms with Crippen molar-refractivity contribution in [3.05, 3.63) is 46.2 Å². The van der Waals surface area contributed by atoms with Crippen molar-refractivity contribution in [2.45, 2.75) is 18.4 Å². The molecule has 2 aromatic rings. The van der Waals surface area contributed by atoms with Crippen LogP contribution < -0.4 is 5.73 Å². The number of nitrogens with zero attached hydrogens (tertiary/aromatic N) is 2. The van der Waals surface area contributed by atoms with Gasteiger partial charge in [0.2, 0.25) is 0 Å². The number of aliphatic hydroxyl groups is 1. The van der Waals surface area contributed by atoms with Gasteiger partial charge in [0.15, 0.2) is 0 Å². The summed E-state index contributed by atoms with van der Waals surface area (Å²) in [5.74, 6) is 0.547. The summed E-state index contributed by atoms with van der Waals surface area (Å²) >= 11 is 3.31. The van der Waals surface area contributed by atoms with Gasteiger partial charge < -0.3 is 10.8 Å². The Morgan fingerprint density at radius 2 is 2.22 bits per heavy atom. The van der Waals surface area contributed by atoms with Gasteiger partial charge in [0.1, 0.15) is 5.84 Å². The van der Waals surface area contributed by atoms with E-state index >= 15 is 0 Å². The molecule has 0 bridgehead atoms. The lowest BCUT2D eigenvalue weighted by molar-refractivity contribution is 0.196. The Labute approximate surface area is 146 Å². The van der Waals surface area contributed by atoms with Crippen LogP contribution in [0.1, 0.15) is 17.4 Å². The number of aliphatic hydroxyl groups excluding tert-OH is 1. The number of hydrogen-bond acceptors (Lipinski definition) is 5. The van der Waals surface area contributed by atoms with E-state index in [0.29, 0.717) is 12.4 Å². The van der Waals surface area contributed by atoms with Gasteiger partial charge in [-0.3, -0.25) is 4.90 Å². The van der Waals surface area contributed by atoms with Crippen LogP contribution >= 0.6 is 23.1 Å². The van der Waals surface area contributed by atoms with Crippen molar-refractivity contribution in [1.29, 1.82) is 0 Å². The summed E-state index contributed by atoms with van der Waals surface area (Å²) < 4.78 is 0. The maximum absolute atomic E-state index is 9.17. The highest BCUT2D eigenvalue weighted by Gasteiger charge is 2.09. The van der Waals surface area contributed by atoms with Gasteiger partial charge >= 0.3 is 0 Å². The average Bonchev–Trinajstić information content (AvgIpc) is 3.09. The molecule has 1 aromatic heterocycles. The van der Waals surface area contributed by atoms with Crippen LogP contribution in [-0.4, -0.2) is 41.8 Å². The number of thiophene rings is 1. The van der Waals surface area contributed by atoms with Gasteiger partial charge in [-0.2, -0.15) is 0 Å². The normalized spacial score (nSPS) is 12.1. The first-order valence-electron chi connectivity index (χ1n) is 7.56. The molecule has 6 heteroatoms. The second-order valence-electron chi connectivity index (χ2n) is 5.06. The third kappa shape index (κ3) is 5.07. The molecule has 23 heavy (non-hydrogen) atoms. The molecule has 0 saturated heterocycles. The zero-order chi connectivity index (χ0) is 16.7. The van der Waals surface area contributed by atoms with E-state index in [1.54, 1.807) is 23.1 Å². The first-order chi connectivity index (χ1) is 11.2. The molecule has 0 unspecified atom stereocenters. The topological polar surface area (TPSA) is 61.8 Å². The highest BCUT2D eigenvalue weighted by Crippen LogP contribution is 2.27. The lowest BCUT2D eigenvalue weighted by Gasteiger charge is -2.20. The highest BCUT2D eigenvalue weighted by molar-refractivity contribution is 7.98. The fourth-order valence-electron chi connectivity index (χ4n) is 2.31. The van der Waals surface area contributed by atoms with E-state index in [4.69, 9.17) is 10.8 Å². The molecule has 0 spiro atoms. The van der Waals surface area contributed by atoms with Crippen molar-refractivity contribution in [3.8, 4) is 0 Å². The van der Waals surface area contributed by atoms with Crippen molar-refractivity contribution in [1.82, 2.24) is 4.90 Å². The molecular formula is C17H23N3OS2. The van der Waals surface area contributed by atoms with Crippen LogP contribution in [0.2, 0.25) is 0 Å². The van der Waals surface area contributed by atoms with Crippen molar-refractivity contribution >= 4 is 34.6 Å². The number of rotatable bonds is 8. The summed E-state index contributed by atoms with van der Waals surface area (Å²) in [4.78, 5) is 8.97. The molecule has 0 radical (unpaired) electrons. The molecule has 124 valence electrons. The predicted molar refractivity (Wildman–Crippen MR) is 101 cm³/mol. The van der Waals surface area contributed by atoms with E-state index in [-0.39, 0.29) is 6.61 Å². The number of benzene rings is 1. The van der Waals surface area contributed by atoms with Crippen molar-refractivity contribution in [2.24, 2.45) is 10.7 Å². The van der Waals surface area contributed by atoms with Crippen LogP contribution in [0.3, 0.4) is 0 Å². The molecule has 0 atom stereocenters.